The largest absolute Gasteiger partial charge is 0.396 e. The maximum Gasteiger partial charge on any atom is 0.141 e. The number of benzene rings is 1. The molecule has 1 unspecified atom stereocenters. The smallest absolute Gasteiger partial charge is 0.141 e. The molecule has 126 valence electrons. The van der Waals surface area contributed by atoms with Gasteiger partial charge in [-0.3, -0.25) is 0 Å². The number of nitrogens with one attached hydrogen (secondary N) is 1. The number of nitrogens with zero attached hydrogens (tertiary/aromatic N) is 1. The standard InChI is InChI=1S/C16H19N3OS.2ClH/c17-16(15-2-1-9-21-15)19-12-4-3-11-5-7-18-14(6-8-20)13(11)10-12;;/h1-4,9-10,14,18,20H,5-8H2,(H2,17,19);2*1H. The number of halogens is 2. The summed E-state index contributed by atoms with van der Waals surface area (Å²) in [4.78, 5) is 5.50. The number of nitrogens with two attached hydrogens (primary N) is 1. The molecule has 0 radical (unpaired) electrons. The van der Waals surface area contributed by atoms with Crippen molar-refractivity contribution in [1.29, 1.82) is 0 Å². The Morgan fingerprint density at radius 1 is 1.35 bits per heavy atom. The fourth-order valence-corrected chi connectivity index (χ4v) is 3.33. The van der Waals surface area contributed by atoms with E-state index in [1.165, 1.54) is 11.1 Å². The lowest BCUT2D eigenvalue weighted by atomic mass is 9.92. The van der Waals surface area contributed by atoms with Crippen LogP contribution in [0.1, 0.15) is 28.5 Å². The second-order valence-corrected chi connectivity index (χ2v) is 6.07. The molecule has 1 aliphatic rings. The zero-order valence-corrected chi connectivity index (χ0v) is 15.0. The minimum absolute atomic E-state index is 0. The molecule has 3 rings (SSSR count). The van der Waals surface area contributed by atoms with Crippen LogP contribution < -0.4 is 11.1 Å². The third-order valence-electron chi connectivity index (χ3n) is 3.73. The summed E-state index contributed by atoms with van der Waals surface area (Å²) in [7, 11) is 0. The molecular weight excluding hydrogens is 353 g/mol. The Labute approximate surface area is 152 Å². The van der Waals surface area contributed by atoms with Crippen LogP contribution in [-0.4, -0.2) is 24.1 Å². The van der Waals surface area contributed by atoms with Crippen molar-refractivity contribution in [3.05, 3.63) is 51.7 Å². The monoisotopic (exact) mass is 373 g/mol. The predicted octanol–water partition coefficient (Wildman–Crippen LogP) is 3.20. The van der Waals surface area contributed by atoms with Crippen LogP contribution in [0.4, 0.5) is 5.69 Å². The molecule has 23 heavy (non-hydrogen) atoms. The summed E-state index contributed by atoms with van der Waals surface area (Å²) in [6, 6.07) is 10.4. The van der Waals surface area contributed by atoms with Crippen molar-refractivity contribution in [2.24, 2.45) is 10.7 Å². The average Bonchev–Trinajstić information content (AvgIpc) is 3.02. The summed E-state index contributed by atoms with van der Waals surface area (Å²) in [5, 5.41) is 14.6. The van der Waals surface area contributed by atoms with E-state index >= 15 is 0 Å². The highest BCUT2D eigenvalue weighted by Gasteiger charge is 2.19. The van der Waals surface area contributed by atoms with Gasteiger partial charge in [0.1, 0.15) is 5.84 Å². The molecule has 1 atom stereocenters. The second-order valence-electron chi connectivity index (χ2n) is 5.13. The molecule has 0 spiro atoms. The molecule has 0 fully saturated rings. The van der Waals surface area contributed by atoms with Crippen molar-refractivity contribution in [2.75, 3.05) is 13.2 Å². The van der Waals surface area contributed by atoms with E-state index in [4.69, 9.17) is 5.73 Å². The summed E-state index contributed by atoms with van der Waals surface area (Å²) >= 11 is 1.59. The Bertz CT molecular complexity index is 647. The van der Waals surface area contributed by atoms with Gasteiger partial charge in [0, 0.05) is 12.6 Å². The van der Waals surface area contributed by atoms with Gasteiger partial charge in [0.05, 0.1) is 10.6 Å². The molecule has 0 bridgehead atoms. The predicted molar refractivity (Wildman–Crippen MR) is 102 cm³/mol. The van der Waals surface area contributed by atoms with Crippen LogP contribution in [0.2, 0.25) is 0 Å². The second kappa shape index (κ2) is 9.25. The topological polar surface area (TPSA) is 70.6 Å². The first-order chi connectivity index (χ1) is 10.3. The van der Waals surface area contributed by atoms with E-state index < -0.39 is 0 Å². The number of hydrogen-bond donors (Lipinski definition) is 3. The molecule has 0 aliphatic carbocycles. The minimum Gasteiger partial charge on any atom is -0.396 e. The number of aliphatic hydroxyl groups is 1. The van der Waals surface area contributed by atoms with Gasteiger partial charge in [-0.25, -0.2) is 4.99 Å². The number of aliphatic imine (C=N–C) groups is 1. The highest BCUT2D eigenvalue weighted by atomic mass is 35.5. The molecular formula is C16H21Cl2N3OS. The fourth-order valence-electron chi connectivity index (χ4n) is 2.70. The van der Waals surface area contributed by atoms with Gasteiger partial charge >= 0.3 is 0 Å². The molecule has 0 amide bonds. The minimum atomic E-state index is 0. The number of rotatable bonds is 4. The lowest BCUT2D eigenvalue weighted by Crippen LogP contribution is -2.30. The van der Waals surface area contributed by atoms with Gasteiger partial charge in [-0.1, -0.05) is 12.1 Å². The molecule has 4 nitrogen and oxygen atoms in total. The number of hydrogen-bond acceptors (Lipinski definition) is 4. The lowest BCUT2D eigenvalue weighted by molar-refractivity contribution is 0.263. The van der Waals surface area contributed by atoms with Crippen LogP contribution in [0.3, 0.4) is 0 Å². The Balaban J connectivity index is 0.00000132. The van der Waals surface area contributed by atoms with Gasteiger partial charge in [-0.2, -0.15) is 0 Å². The molecule has 1 aromatic heterocycles. The van der Waals surface area contributed by atoms with Crippen LogP contribution in [0.25, 0.3) is 0 Å². The normalized spacial score (nSPS) is 16.9. The van der Waals surface area contributed by atoms with Crippen molar-refractivity contribution in [1.82, 2.24) is 5.32 Å². The zero-order valence-electron chi connectivity index (χ0n) is 12.6. The molecule has 1 aliphatic heterocycles. The van der Waals surface area contributed by atoms with E-state index in [2.05, 4.69) is 22.4 Å². The van der Waals surface area contributed by atoms with Crippen molar-refractivity contribution in [3.8, 4) is 0 Å². The molecule has 4 N–H and O–H groups in total. The van der Waals surface area contributed by atoms with Crippen LogP contribution in [-0.2, 0) is 6.42 Å². The zero-order chi connectivity index (χ0) is 14.7. The van der Waals surface area contributed by atoms with Gasteiger partial charge in [-0.15, -0.1) is 36.2 Å². The average molecular weight is 374 g/mol. The van der Waals surface area contributed by atoms with Gasteiger partial charge in [0.2, 0.25) is 0 Å². The van der Waals surface area contributed by atoms with Gasteiger partial charge < -0.3 is 16.2 Å². The summed E-state index contributed by atoms with van der Waals surface area (Å²) in [6.45, 7) is 1.14. The summed E-state index contributed by atoms with van der Waals surface area (Å²) in [5.74, 6) is 0.549. The van der Waals surface area contributed by atoms with Crippen molar-refractivity contribution in [3.63, 3.8) is 0 Å². The van der Waals surface area contributed by atoms with Crippen LogP contribution in [0, 0.1) is 0 Å². The van der Waals surface area contributed by atoms with E-state index in [9.17, 15) is 5.11 Å². The quantitative estimate of drug-likeness (QED) is 0.569. The fraction of sp³-hybridized carbons (Fsp3) is 0.312. The molecule has 0 saturated heterocycles. The molecule has 2 aromatic rings. The molecule has 0 saturated carbocycles. The van der Waals surface area contributed by atoms with Crippen molar-refractivity contribution >= 4 is 47.7 Å². The summed E-state index contributed by atoms with van der Waals surface area (Å²) < 4.78 is 0. The van der Waals surface area contributed by atoms with Crippen LogP contribution in [0.5, 0.6) is 0 Å². The van der Waals surface area contributed by atoms with Crippen molar-refractivity contribution < 1.29 is 5.11 Å². The molecule has 1 aromatic carbocycles. The third kappa shape index (κ3) is 4.68. The maximum absolute atomic E-state index is 9.20. The van der Waals surface area contributed by atoms with E-state index in [0.717, 1.165) is 30.0 Å². The van der Waals surface area contributed by atoms with E-state index in [1.807, 2.05) is 23.6 Å². The van der Waals surface area contributed by atoms with Gasteiger partial charge in [0.25, 0.3) is 0 Å². The molecule has 2 heterocycles. The Hall–Kier alpha value is -1.11. The van der Waals surface area contributed by atoms with Crippen LogP contribution >= 0.6 is 36.2 Å². The van der Waals surface area contributed by atoms with E-state index in [-0.39, 0.29) is 37.5 Å². The van der Waals surface area contributed by atoms with E-state index in [0.29, 0.717) is 5.84 Å². The number of amidine groups is 1. The maximum atomic E-state index is 9.20. The highest BCUT2D eigenvalue weighted by Crippen LogP contribution is 2.29. The van der Waals surface area contributed by atoms with Crippen LogP contribution in [0.15, 0.2) is 40.7 Å². The van der Waals surface area contributed by atoms with E-state index in [1.54, 1.807) is 11.3 Å². The third-order valence-corrected chi connectivity index (χ3v) is 4.62. The Morgan fingerprint density at radius 2 is 2.17 bits per heavy atom. The Kier molecular flexibility index (Phi) is 8.02. The Morgan fingerprint density at radius 3 is 2.87 bits per heavy atom. The number of fused-ring (bicyclic) bond motifs is 1. The lowest BCUT2D eigenvalue weighted by Gasteiger charge is -2.26. The van der Waals surface area contributed by atoms with Gasteiger partial charge in [-0.05, 0) is 54.1 Å². The number of aliphatic hydroxyl groups excluding tert-OH is 1. The highest BCUT2D eigenvalue weighted by molar-refractivity contribution is 7.12. The first-order valence-electron chi connectivity index (χ1n) is 7.13. The van der Waals surface area contributed by atoms with Gasteiger partial charge in [0.15, 0.2) is 0 Å². The molecule has 7 heteroatoms. The first kappa shape index (κ1) is 19.9. The summed E-state index contributed by atoms with van der Waals surface area (Å²) in [5.41, 5.74) is 9.48. The first-order valence-corrected chi connectivity index (χ1v) is 8.01. The summed E-state index contributed by atoms with van der Waals surface area (Å²) in [6.07, 6.45) is 1.74. The number of thiophene rings is 1. The SMILES string of the molecule is Cl.Cl.NC(=Nc1ccc2c(c1)C(CCO)NCC2)c1cccs1. The van der Waals surface area contributed by atoms with Crippen molar-refractivity contribution in [2.45, 2.75) is 18.9 Å².